The predicted molar refractivity (Wildman–Crippen MR) is 114 cm³/mol. The van der Waals surface area contributed by atoms with E-state index in [1.807, 2.05) is 18.2 Å². The molecule has 1 aromatic heterocycles. The number of carbonyl (C=O) groups excluding carboxylic acids is 3. The fourth-order valence-corrected chi connectivity index (χ4v) is 4.75. The van der Waals surface area contributed by atoms with Gasteiger partial charge < -0.3 is 15.8 Å². The van der Waals surface area contributed by atoms with Crippen LogP contribution in [0.5, 0.6) is 0 Å². The minimum atomic E-state index is -0.760. The number of fused-ring (bicyclic) bond motifs is 1. The summed E-state index contributed by atoms with van der Waals surface area (Å²) in [5.74, 6) is -1.31. The summed E-state index contributed by atoms with van der Waals surface area (Å²) >= 11 is 2.51. The van der Waals surface area contributed by atoms with E-state index >= 15 is 0 Å². The number of primary amides is 1. The molecule has 0 aliphatic rings. The van der Waals surface area contributed by atoms with E-state index in [4.69, 9.17) is 10.5 Å². The molecule has 3 N–H and O–H groups in total. The first-order valence-corrected chi connectivity index (χ1v) is 10.5. The number of carbonyl (C=O) groups is 3. The highest BCUT2D eigenvalue weighted by Gasteiger charge is 2.23. The lowest BCUT2D eigenvalue weighted by molar-refractivity contribution is -0.121. The Kier molecular flexibility index (Phi) is 6.84. The number of esters is 1. The van der Waals surface area contributed by atoms with E-state index in [1.165, 1.54) is 11.3 Å². The summed E-state index contributed by atoms with van der Waals surface area (Å²) in [5.41, 5.74) is 7.18. The van der Waals surface area contributed by atoms with Gasteiger partial charge in [-0.25, -0.2) is 9.78 Å². The smallest absolute Gasteiger partial charge is 0.338 e. The van der Waals surface area contributed by atoms with Gasteiger partial charge in [-0.05, 0) is 37.3 Å². The van der Waals surface area contributed by atoms with E-state index in [0.717, 1.165) is 16.5 Å². The molecular formula is C20H19N3O4S2. The molecule has 0 spiro atoms. The molecule has 1 atom stereocenters. The first-order valence-electron chi connectivity index (χ1n) is 8.85. The third kappa shape index (κ3) is 5.55. The van der Waals surface area contributed by atoms with Crippen LogP contribution in [0.2, 0.25) is 0 Å². The molecule has 0 aliphatic heterocycles. The van der Waals surface area contributed by atoms with E-state index in [0.29, 0.717) is 27.7 Å². The fourth-order valence-electron chi connectivity index (χ4n) is 2.52. The van der Waals surface area contributed by atoms with Crippen LogP contribution in [0.15, 0.2) is 52.9 Å². The number of thiazole rings is 1. The standard InChI is InChI=1S/C20H19N3O4S2/c1-2-27-19(26)12-8-9-15-14(10-12)23-20(28-15)29-16(18(21)25)11-17(24)22-13-6-4-3-5-7-13/h3-10,16H,2,11H2,1H3,(H2,21,25)(H,22,24). The van der Waals surface area contributed by atoms with Gasteiger partial charge >= 0.3 is 5.97 Å². The molecule has 0 fully saturated rings. The lowest BCUT2D eigenvalue weighted by atomic mass is 10.2. The molecule has 150 valence electrons. The van der Waals surface area contributed by atoms with Crippen LogP contribution >= 0.6 is 23.1 Å². The van der Waals surface area contributed by atoms with Crippen LogP contribution in [0.3, 0.4) is 0 Å². The number of hydrogen-bond donors (Lipinski definition) is 2. The molecule has 2 amide bonds. The number of rotatable bonds is 8. The van der Waals surface area contributed by atoms with Gasteiger partial charge in [0.05, 0.1) is 27.6 Å². The molecule has 3 aromatic rings. The number of nitrogens with two attached hydrogens (primary N) is 1. The average Bonchev–Trinajstić information content (AvgIpc) is 3.09. The normalized spacial score (nSPS) is 11.8. The second-order valence-corrected chi connectivity index (χ2v) is 8.49. The Balaban J connectivity index is 1.71. The van der Waals surface area contributed by atoms with Gasteiger partial charge in [0, 0.05) is 12.1 Å². The number of benzene rings is 2. The minimum Gasteiger partial charge on any atom is -0.462 e. The van der Waals surface area contributed by atoms with Crippen LogP contribution in [-0.4, -0.2) is 34.6 Å². The van der Waals surface area contributed by atoms with E-state index < -0.39 is 17.1 Å². The Morgan fingerprint density at radius 1 is 1.21 bits per heavy atom. The number of nitrogens with one attached hydrogen (secondary N) is 1. The number of thioether (sulfide) groups is 1. The summed E-state index contributed by atoms with van der Waals surface area (Å²) in [6.45, 7) is 2.03. The van der Waals surface area contributed by atoms with Crippen molar-refractivity contribution in [2.45, 2.75) is 22.9 Å². The molecule has 29 heavy (non-hydrogen) atoms. The lowest BCUT2D eigenvalue weighted by Crippen LogP contribution is -2.30. The Labute approximate surface area is 175 Å². The number of para-hydroxylation sites is 1. The minimum absolute atomic E-state index is 0.0705. The quantitative estimate of drug-likeness (QED) is 0.419. The summed E-state index contributed by atoms with van der Waals surface area (Å²) in [7, 11) is 0. The zero-order chi connectivity index (χ0) is 20.8. The molecular weight excluding hydrogens is 410 g/mol. The van der Waals surface area contributed by atoms with Gasteiger partial charge in [-0.1, -0.05) is 30.0 Å². The van der Waals surface area contributed by atoms with Crippen LogP contribution in [-0.2, 0) is 14.3 Å². The molecule has 0 aliphatic carbocycles. The van der Waals surface area contributed by atoms with Crippen molar-refractivity contribution in [1.29, 1.82) is 0 Å². The Morgan fingerprint density at radius 3 is 2.66 bits per heavy atom. The fraction of sp³-hybridized carbons (Fsp3) is 0.200. The van der Waals surface area contributed by atoms with Gasteiger partial charge in [-0.15, -0.1) is 11.3 Å². The van der Waals surface area contributed by atoms with Crippen LogP contribution in [0.4, 0.5) is 5.69 Å². The van der Waals surface area contributed by atoms with Gasteiger partial charge in [-0.3, -0.25) is 9.59 Å². The van der Waals surface area contributed by atoms with E-state index in [-0.39, 0.29) is 12.3 Å². The van der Waals surface area contributed by atoms with Crippen molar-refractivity contribution >= 4 is 56.8 Å². The number of aromatic nitrogens is 1. The summed E-state index contributed by atoms with van der Waals surface area (Å²) in [5, 5.41) is 1.98. The predicted octanol–water partition coefficient (Wildman–Crippen LogP) is 3.45. The van der Waals surface area contributed by atoms with E-state index in [1.54, 1.807) is 37.3 Å². The second kappa shape index (κ2) is 9.53. The summed E-state index contributed by atoms with van der Waals surface area (Å²) < 4.78 is 6.45. The third-order valence-corrected chi connectivity index (χ3v) is 6.21. The SMILES string of the molecule is CCOC(=O)c1ccc2sc(SC(CC(=O)Nc3ccccc3)C(N)=O)nc2c1. The molecule has 1 unspecified atom stereocenters. The highest BCUT2D eigenvalue weighted by Crippen LogP contribution is 2.33. The first-order chi connectivity index (χ1) is 14.0. The van der Waals surface area contributed by atoms with Crippen molar-refractivity contribution in [3.63, 3.8) is 0 Å². The largest absolute Gasteiger partial charge is 0.462 e. The van der Waals surface area contributed by atoms with Crippen molar-refractivity contribution in [2.75, 3.05) is 11.9 Å². The number of hydrogen-bond acceptors (Lipinski definition) is 7. The van der Waals surface area contributed by atoms with Crippen LogP contribution in [0.1, 0.15) is 23.7 Å². The second-order valence-electron chi connectivity index (χ2n) is 6.01. The Morgan fingerprint density at radius 2 is 1.97 bits per heavy atom. The zero-order valence-electron chi connectivity index (χ0n) is 15.6. The Hall–Kier alpha value is -2.91. The molecule has 7 nitrogen and oxygen atoms in total. The molecule has 0 bridgehead atoms. The summed E-state index contributed by atoms with van der Waals surface area (Å²) in [6, 6.07) is 14.1. The van der Waals surface area contributed by atoms with Gasteiger partial charge in [-0.2, -0.15) is 0 Å². The molecule has 2 aromatic carbocycles. The van der Waals surface area contributed by atoms with Crippen molar-refractivity contribution in [1.82, 2.24) is 4.98 Å². The molecule has 3 rings (SSSR count). The summed E-state index contributed by atoms with van der Waals surface area (Å²) in [4.78, 5) is 40.5. The van der Waals surface area contributed by atoms with Crippen LogP contribution < -0.4 is 11.1 Å². The third-order valence-electron chi connectivity index (χ3n) is 3.87. The Bertz CT molecular complexity index is 1040. The molecule has 0 radical (unpaired) electrons. The number of nitrogens with zero attached hydrogens (tertiary/aromatic N) is 1. The number of ether oxygens (including phenoxy) is 1. The first kappa shape index (κ1) is 20.8. The van der Waals surface area contributed by atoms with Gasteiger partial charge in [0.2, 0.25) is 11.8 Å². The van der Waals surface area contributed by atoms with Gasteiger partial charge in [0.1, 0.15) is 0 Å². The maximum Gasteiger partial charge on any atom is 0.338 e. The number of anilines is 1. The maximum atomic E-state index is 12.3. The molecule has 9 heteroatoms. The van der Waals surface area contributed by atoms with Crippen molar-refractivity contribution in [3.8, 4) is 0 Å². The molecule has 0 saturated carbocycles. The van der Waals surface area contributed by atoms with E-state index in [2.05, 4.69) is 10.3 Å². The zero-order valence-corrected chi connectivity index (χ0v) is 17.2. The van der Waals surface area contributed by atoms with Crippen LogP contribution in [0, 0.1) is 0 Å². The summed E-state index contributed by atoms with van der Waals surface area (Å²) in [6.07, 6.45) is -0.0705. The maximum absolute atomic E-state index is 12.3. The van der Waals surface area contributed by atoms with Crippen LogP contribution in [0.25, 0.3) is 10.2 Å². The van der Waals surface area contributed by atoms with Gasteiger partial charge in [0.15, 0.2) is 4.34 Å². The van der Waals surface area contributed by atoms with Crippen molar-refractivity contribution in [2.24, 2.45) is 5.73 Å². The van der Waals surface area contributed by atoms with Crippen molar-refractivity contribution < 1.29 is 19.1 Å². The number of amides is 2. The highest BCUT2D eigenvalue weighted by atomic mass is 32.2. The average molecular weight is 430 g/mol. The topological polar surface area (TPSA) is 111 Å². The van der Waals surface area contributed by atoms with Gasteiger partial charge in [0.25, 0.3) is 0 Å². The highest BCUT2D eigenvalue weighted by molar-refractivity contribution is 8.02. The molecule has 0 saturated heterocycles. The monoisotopic (exact) mass is 429 g/mol. The van der Waals surface area contributed by atoms with Crippen molar-refractivity contribution in [3.05, 3.63) is 54.1 Å². The molecule has 1 heterocycles. The van der Waals surface area contributed by atoms with E-state index in [9.17, 15) is 14.4 Å². The lowest BCUT2D eigenvalue weighted by Gasteiger charge is -2.11.